The number of aromatic nitrogens is 2. The minimum atomic E-state index is -3.63. The van der Waals surface area contributed by atoms with E-state index in [2.05, 4.69) is 20.2 Å². The Morgan fingerprint density at radius 3 is 2.41 bits per heavy atom. The summed E-state index contributed by atoms with van der Waals surface area (Å²) in [6.07, 6.45) is 4.53. The summed E-state index contributed by atoms with van der Waals surface area (Å²) in [7, 11) is -3.63. The van der Waals surface area contributed by atoms with Crippen LogP contribution in [0.5, 0.6) is 0 Å². The van der Waals surface area contributed by atoms with Gasteiger partial charge in [0.2, 0.25) is 5.95 Å². The lowest BCUT2D eigenvalue weighted by Crippen LogP contribution is -2.57. The fourth-order valence-electron chi connectivity index (χ4n) is 5.03. The van der Waals surface area contributed by atoms with Gasteiger partial charge in [0, 0.05) is 31.5 Å². The maximum atomic E-state index is 13.4. The van der Waals surface area contributed by atoms with Crippen molar-refractivity contribution >= 4 is 33.2 Å². The topological polar surface area (TPSA) is 116 Å². The molecular weight excluding hydrogens is 504 g/mol. The lowest BCUT2D eigenvalue weighted by Gasteiger charge is -2.38. The molecule has 0 bridgehead atoms. The van der Waals surface area contributed by atoms with E-state index in [0.717, 1.165) is 25.9 Å². The van der Waals surface area contributed by atoms with E-state index in [1.54, 1.807) is 19.1 Å². The zero-order valence-electron chi connectivity index (χ0n) is 20.7. The van der Waals surface area contributed by atoms with Crippen LogP contribution in [0.4, 0.5) is 26.2 Å². The Morgan fingerprint density at radius 1 is 1.08 bits per heavy atom. The number of rotatable bonds is 8. The molecule has 2 N–H and O–H groups in total. The molecule has 3 fully saturated rings. The number of carbonyl (C=O) groups is 1. The number of nitrogens with one attached hydrogen (secondary N) is 1. The van der Waals surface area contributed by atoms with E-state index in [1.807, 2.05) is 0 Å². The Kier molecular flexibility index (Phi) is 6.59. The summed E-state index contributed by atoms with van der Waals surface area (Å²) in [5.74, 6) is -3.13. The van der Waals surface area contributed by atoms with Crippen molar-refractivity contribution in [2.24, 2.45) is 5.41 Å². The second-order valence-electron chi connectivity index (χ2n) is 10.4. The van der Waals surface area contributed by atoms with Crippen LogP contribution in [0.25, 0.3) is 0 Å². The molecule has 12 heteroatoms. The van der Waals surface area contributed by atoms with Crippen molar-refractivity contribution in [2.75, 3.05) is 53.7 Å². The number of sulfone groups is 1. The molecule has 2 aliphatic heterocycles. The highest BCUT2D eigenvalue weighted by atomic mass is 32.2. The summed E-state index contributed by atoms with van der Waals surface area (Å²) in [6.45, 7) is 1.96. The first kappa shape index (κ1) is 25.8. The summed E-state index contributed by atoms with van der Waals surface area (Å²) >= 11 is 0. The second-order valence-corrected chi connectivity index (χ2v) is 12.5. The summed E-state index contributed by atoms with van der Waals surface area (Å²) in [4.78, 5) is 25.4. The number of alkyl halides is 2. The monoisotopic (exact) mass is 535 g/mol. The molecule has 1 aliphatic carbocycles. The predicted octanol–water partition coefficient (Wildman–Crippen LogP) is 3.03. The SMILES string of the molecule is Cc1cc(NC(=O)c2ccc(S(=O)(=O)CCCO)cc2N2CCC3(CC2)CC3)nc(N2CC(F)(F)C2)n1. The fourth-order valence-corrected chi connectivity index (χ4v) is 6.34. The molecule has 2 saturated heterocycles. The molecule has 2 aromatic rings. The van der Waals surface area contributed by atoms with Gasteiger partial charge in [0.05, 0.1) is 35.0 Å². The minimum absolute atomic E-state index is 0.109. The Morgan fingerprint density at radius 2 is 1.78 bits per heavy atom. The molecule has 3 aliphatic rings. The molecule has 1 aromatic heterocycles. The largest absolute Gasteiger partial charge is 0.396 e. The Bertz CT molecular complexity index is 1300. The van der Waals surface area contributed by atoms with Gasteiger partial charge in [-0.1, -0.05) is 0 Å². The van der Waals surface area contributed by atoms with Crippen LogP contribution in [0.3, 0.4) is 0 Å². The van der Waals surface area contributed by atoms with E-state index in [1.165, 1.54) is 29.9 Å². The van der Waals surface area contributed by atoms with E-state index < -0.39 is 34.8 Å². The van der Waals surface area contributed by atoms with Crippen molar-refractivity contribution in [3.05, 3.63) is 35.5 Å². The van der Waals surface area contributed by atoms with Crippen molar-refractivity contribution in [1.82, 2.24) is 9.97 Å². The number of benzene rings is 1. The standard InChI is InChI=1S/C25H31F2N5O4S/c1-17-13-21(30-23(28-17)32-15-25(26,27)16-32)29-22(34)19-4-3-18(37(35,36)12-2-11-33)14-20(19)31-9-7-24(5-6-24)8-10-31/h3-4,13-14,33H,2,5-12,15-16H2,1H3,(H,28,29,30,34). The van der Waals surface area contributed by atoms with E-state index in [-0.39, 0.29) is 35.4 Å². The van der Waals surface area contributed by atoms with Crippen LogP contribution < -0.4 is 15.1 Å². The lowest BCUT2D eigenvalue weighted by atomic mass is 9.93. The molecule has 0 radical (unpaired) electrons. The average molecular weight is 536 g/mol. The van der Waals surface area contributed by atoms with Gasteiger partial charge in [-0.15, -0.1) is 0 Å². The molecule has 1 aromatic carbocycles. The van der Waals surface area contributed by atoms with Crippen molar-refractivity contribution in [1.29, 1.82) is 0 Å². The van der Waals surface area contributed by atoms with Gasteiger partial charge in [-0.2, -0.15) is 4.98 Å². The number of aliphatic hydroxyl groups is 1. The number of aryl methyl sites for hydroxylation is 1. The first-order valence-electron chi connectivity index (χ1n) is 12.5. The molecule has 5 rings (SSSR count). The zero-order chi connectivity index (χ0) is 26.4. The lowest BCUT2D eigenvalue weighted by molar-refractivity contribution is -0.0271. The summed E-state index contributed by atoms with van der Waals surface area (Å²) in [6, 6.07) is 6.02. The second kappa shape index (κ2) is 9.46. The van der Waals surface area contributed by atoms with Gasteiger partial charge in [-0.3, -0.25) is 4.79 Å². The third kappa shape index (κ3) is 5.54. The van der Waals surface area contributed by atoms with Crippen molar-refractivity contribution in [3.63, 3.8) is 0 Å². The highest BCUT2D eigenvalue weighted by molar-refractivity contribution is 7.91. The molecule has 1 saturated carbocycles. The minimum Gasteiger partial charge on any atom is -0.396 e. The molecular formula is C25H31F2N5O4S. The third-order valence-electron chi connectivity index (χ3n) is 7.48. The number of piperidine rings is 1. The van der Waals surface area contributed by atoms with Gasteiger partial charge in [-0.25, -0.2) is 22.2 Å². The van der Waals surface area contributed by atoms with Gasteiger partial charge in [0.1, 0.15) is 5.82 Å². The van der Waals surface area contributed by atoms with Crippen LogP contribution in [0, 0.1) is 12.3 Å². The van der Waals surface area contributed by atoms with E-state index in [4.69, 9.17) is 5.11 Å². The number of nitrogens with zero attached hydrogens (tertiary/aromatic N) is 4. The maximum absolute atomic E-state index is 13.4. The Hall–Kier alpha value is -2.86. The average Bonchev–Trinajstić information content (AvgIpc) is 3.59. The summed E-state index contributed by atoms with van der Waals surface area (Å²) in [5.41, 5.74) is 1.76. The first-order chi connectivity index (χ1) is 17.5. The number of hydrogen-bond donors (Lipinski definition) is 2. The van der Waals surface area contributed by atoms with Crippen LogP contribution in [-0.4, -0.2) is 73.9 Å². The smallest absolute Gasteiger partial charge is 0.282 e. The van der Waals surface area contributed by atoms with E-state index in [0.29, 0.717) is 22.4 Å². The van der Waals surface area contributed by atoms with Crippen LogP contribution in [0.15, 0.2) is 29.2 Å². The summed E-state index contributed by atoms with van der Waals surface area (Å²) in [5, 5.41) is 11.8. The van der Waals surface area contributed by atoms with Crippen LogP contribution in [-0.2, 0) is 9.84 Å². The Balaban J connectivity index is 1.42. The molecule has 3 heterocycles. The maximum Gasteiger partial charge on any atom is 0.282 e. The summed E-state index contributed by atoms with van der Waals surface area (Å²) < 4.78 is 52.3. The van der Waals surface area contributed by atoms with Gasteiger partial charge in [0.25, 0.3) is 11.8 Å². The predicted molar refractivity (Wildman–Crippen MR) is 135 cm³/mol. The molecule has 0 atom stereocenters. The van der Waals surface area contributed by atoms with Crippen molar-refractivity contribution < 1.29 is 27.1 Å². The van der Waals surface area contributed by atoms with Crippen molar-refractivity contribution in [3.8, 4) is 0 Å². The highest BCUT2D eigenvalue weighted by Crippen LogP contribution is 2.54. The van der Waals surface area contributed by atoms with Crippen LogP contribution in [0.2, 0.25) is 0 Å². The van der Waals surface area contributed by atoms with Crippen LogP contribution in [0.1, 0.15) is 48.2 Å². The van der Waals surface area contributed by atoms with Gasteiger partial charge < -0.3 is 20.2 Å². The van der Waals surface area contributed by atoms with E-state index >= 15 is 0 Å². The molecule has 1 amide bonds. The molecule has 9 nitrogen and oxygen atoms in total. The Labute approximate surface area is 214 Å². The quantitative estimate of drug-likeness (QED) is 0.530. The number of halogens is 2. The number of carbonyl (C=O) groups excluding carboxylic acids is 1. The fraction of sp³-hybridized carbons (Fsp3) is 0.560. The van der Waals surface area contributed by atoms with Gasteiger partial charge in [0.15, 0.2) is 9.84 Å². The normalized spacial score (nSPS) is 20.0. The molecule has 200 valence electrons. The first-order valence-corrected chi connectivity index (χ1v) is 14.2. The number of anilines is 3. The van der Waals surface area contributed by atoms with E-state index in [9.17, 15) is 22.0 Å². The van der Waals surface area contributed by atoms with Crippen LogP contribution >= 0.6 is 0 Å². The molecule has 0 unspecified atom stereocenters. The number of hydrogen-bond acceptors (Lipinski definition) is 8. The van der Waals surface area contributed by atoms with Crippen molar-refractivity contribution in [2.45, 2.75) is 49.8 Å². The molecule has 37 heavy (non-hydrogen) atoms. The number of amides is 1. The van der Waals surface area contributed by atoms with Gasteiger partial charge >= 0.3 is 0 Å². The van der Waals surface area contributed by atoms with Gasteiger partial charge in [-0.05, 0) is 62.6 Å². The third-order valence-corrected chi connectivity index (χ3v) is 9.28. The molecule has 1 spiro atoms. The zero-order valence-corrected chi connectivity index (χ0v) is 21.5. The number of aliphatic hydroxyl groups excluding tert-OH is 1. The highest BCUT2D eigenvalue weighted by Gasteiger charge is 2.46.